The van der Waals surface area contributed by atoms with Gasteiger partial charge < -0.3 is 25.2 Å². The summed E-state index contributed by atoms with van der Waals surface area (Å²) in [5, 5.41) is 14.8. The summed E-state index contributed by atoms with van der Waals surface area (Å²) in [5.41, 5.74) is 3.88. The fourth-order valence-corrected chi connectivity index (χ4v) is 4.79. The largest absolute Gasteiger partial charge is 0.481 e. The molecule has 0 bridgehead atoms. The second-order valence-electron chi connectivity index (χ2n) is 9.02. The van der Waals surface area contributed by atoms with Gasteiger partial charge in [0.2, 0.25) is 5.91 Å². The summed E-state index contributed by atoms with van der Waals surface area (Å²) in [4.78, 5) is 36.5. The molecule has 2 fully saturated rings. The molecule has 0 spiro atoms. The Labute approximate surface area is 191 Å². The van der Waals surface area contributed by atoms with E-state index in [0.29, 0.717) is 12.8 Å². The number of hydrogen-bond donors (Lipinski definition) is 3. The third-order valence-electron chi connectivity index (χ3n) is 6.96. The lowest BCUT2D eigenvalue weighted by molar-refractivity contribution is -0.142. The number of carboxylic acid groups (broad SMARTS) is 1. The number of aliphatic carboxylic acids is 1. The molecule has 2 unspecified atom stereocenters. The van der Waals surface area contributed by atoms with Gasteiger partial charge in [-0.2, -0.15) is 0 Å². The quantitative estimate of drug-likeness (QED) is 0.597. The molecule has 1 saturated heterocycles. The number of amides is 2. The van der Waals surface area contributed by atoms with Crippen molar-refractivity contribution < 1.29 is 29.0 Å². The van der Waals surface area contributed by atoms with Crippen LogP contribution in [0.5, 0.6) is 0 Å². The van der Waals surface area contributed by atoms with E-state index in [2.05, 4.69) is 34.9 Å². The number of ether oxygens (including phenoxy) is 2. The molecule has 0 radical (unpaired) electrons. The SMILES string of the molecule is O=C(NCC1(C(=O)NC2COCC2C(=O)O)CC1)OCC1c2ccccc2-c2ccccc21. The van der Waals surface area contributed by atoms with E-state index in [1.54, 1.807) is 0 Å². The van der Waals surface area contributed by atoms with Crippen LogP contribution < -0.4 is 10.6 Å². The molecule has 2 aliphatic carbocycles. The predicted molar refractivity (Wildman–Crippen MR) is 119 cm³/mol. The first-order chi connectivity index (χ1) is 16.0. The third kappa shape index (κ3) is 4.06. The van der Waals surface area contributed by atoms with E-state index in [-0.39, 0.29) is 38.2 Å². The lowest BCUT2D eigenvalue weighted by Gasteiger charge is -2.21. The number of carbonyl (C=O) groups is 3. The van der Waals surface area contributed by atoms with Gasteiger partial charge in [0.1, 0.15) is 12.5 Å². The van der Waals surface area contributed by atoms with Gasteiger partial charge in [-0.1, -0.05) is 48.5 Å². The van der Waals surface area contributed by atoms with Crippen LogP contribution in [0.3, 0.4) is 0 Å². The molecule has 3 aliphatic rings. The Morgan fingerprint density at radius 2 is 1.64 bits per heavy atom. The highest BCUT2D eigenvalue weighted by molar-refractivity contribution is 5.87. The Morgan fingerprint density at radius 3 is 2.24 bits per heavy atom. The number of nitrogens with one attached hydrogen (secondary N) is 2. The highest BCUT2D eigenvalue weighted by atomic mass is 16.5. The maximum absolute atomic E-state index is 12.8. The molecule has 0 aromatic heterocycles. The van der Waals surface area contributed by atoms with Crippen molar-refractivity contribution in [3.63, 3.8) is 0 Å². The summed E-state index contributed by atoms with van der Waals surface area (Å²) in [7, 11) is 0. The average Bonchev–Trinajstić information content (AvgIpc) is 3.36. The van der Waals surface area contributed by atoms with Crippen LogP contribution in [0.25, 0.3) is 11.1 Å². The van der Waals surface area contributed by atoms with E-state index in [1.807, 2.05) is 24.3 Å². The van der Waals surface area contributed by atoms with E-state index < -0.39 is 29.4 Å². The molecule has 1 saturated carbocycles. The summed E-state index contributed by atoms with van der Waals surface area (Å²) in [5.74, 6) is -2.01. The minimum absolute atomic E-state index is 0.0309. The zero-order valence-corrected chi connectivity index (χ0v) is 18.1. The first-order valence-corrected chi connectivity index (χ1v) is 11.2. The fraction of sp³-hybridized carbons (Fsp3) is 0.400. The van der Waals surface area contributed by atoms with Crippen molar-refractivity contribution in [2.75, 3.05) is 26.4 Å². The van der Waals surface area contributed by atoms with Crippen LogP contribution in [0, 0.1) is 11.3 Å². The van der Waals surface area contributed by atoms with Crippen molar-refractivity contribution in [2.24, 2.45) is 11.3 Å². The number of benzene rings is 2. The van der Waals surface area contributed by atoms with Gasteiger partial charge in [0.15, 0.2) is 0 Å². The Bertz CT molecular complexity index is 1050. The fourth-order valence-electron chi connectivity index (χ4n) is 4.79. The number of alkyl carbamates (subject to hydrolysis) is 1. The second-order valence-corrected chi connectivity index (χ2v) is 9.02. The van der Waals surface area contributed by atoms with Gasteiger partial charge in [0.05, 0.1) is 24.7 Å². The van der Waals surface area contributed by atoms with Crippen LogP contribution in [0.15, 0.2) is 48.5 Å². The van der Waals surface area contributed by atoms with Gasteiger partial charge in [0.25, 0.3) is 0 Å². The number of carboxylic acids is 1. The molecule has 2 aromatic carbocycles. The molecular formula is C25H26N2O6. The minimum atomic E-state index is -0.987. The van der Waals surface area contributed by atoms with Gasteiger partial charge in [-0.25, -0.2) is 4.79 Å². The number of carbonyl (C=O) groups excluding carboxylic acids is 2. The first kappa shape index (κ1) is 21.5. The van der Waals surface area contributed by atoms with Crippen LogP contribution in [0.4, 0.5) is 4.79 Å². The van der Waals surface area contributed by atoms with Crippen molar-refractivity contribution in [2.45, 2.75) is 24.8 Å². The zero-order valence-electron chi connectivity index (χ0n) is 18.1. The van der Waals surface area contributed by atoms with Gasteiger partial charge in [-0.05, 0) is 35.1 Å². The van der Waals surface area contributed by atoms with Gasteiger partial charge in [-0.3, -0.25) is 9.59 Å². The van der Waals surface area contributed by atoms with Gasteiger partial charge >= 0.3 is 12.1 Å². The summed E-state index contributed by atoms with van der Waals surface area (Å²) < 4.78 is 10.8. The van der Waals surface area contributed by atoms with Crippen molar-refractivity contribution in [3.05, 3.63) is 59.7 Å². The Hall–Kier alpha value is -3.39. The smallest absolute Gasteiger partial charge is 0.407 e. The van der Waals surface area contributed by atoms with Crippen molar-refractivity contribution in [3.8, 4) is 11.1 Å². The lowest BCUT2D eigenvalue weighted by Crippen LogP contribution is -2.48. The van der Waals surface area contributed by atoms with Crippen molar-refractivity contribution in [1.82, 2.24) is 10.6 Å². The molecule has 172 valence electrons. The van der Waals surface area contributed by atoms with Crippen LogP contribution in [0.1, 0.15) is 29.9 Å². The maximum atomic E-state index is 12.8. The van der Waals surface area contributed by atoms with Crippen LogP contribution in [-0.2, 0) is 19.1 Å². The van der Waals surface area contributed by atoms with E-state index >= 15 is 0 Å². The zero-order chi connectivity index (χ0) is 23.0. The summed E-state index contributed by atoms with van der Waals surface area (Å²) in [6.07, 6.45) is 0.699. The normalized spacial score (nSPS) is 22.2. The minimum Gasteiger partial charge on any atom is -0.481 e. The Kier molecular flexibility index (Phi) is 5.54. The molecule has 8 heteroatoms. The summed E-state index contributed by atoms with van der Waals surface area (Å²) >= 11 is 0. The Balaban J connectivity index is 1.16. The third-order valence-corrected chi connectivity index (χ3v) is 6.96. The molecule has 3 N–H and O–H groups in total. The number of rotatable bonds is 7. The molecule has 2 aromatic rings. The van der Waals surface area contributed by atoms with E-state index in [9.17, 15) is 19.5 Å². The van der Waals surface area contributed by atoms with E-state index in [4.69, 9.17) is 9.47 Å². The predicted octanol–water partition coefficient (Wildman–Crippen LogP) is 2.52. The monoisotopic (exact) mass is 450 g/mol. The topological polar surface area (TPSA) is 114 Å². The molecule has 33 heavy (non-hydrogen) atoms. The van der Waals surface area contributed by atoms with Crippen LogP contribution in [-0.4, -0.2) is 55.5 Å². The highest BCUT2D eigenvalue weighted by Crippen LogP contribution is 2.46. The molecule has 5 rings (SSSR count). The summed E-state index contributed by atoms with van der Waals surface area (Å²) in [6, 6.07) is 15.7. The summed E-state index contributed by atoms with van der Waals surface area (Å²) in [6.45, 7) is 0.628. The first-order valence-electron chi connectivity index (χ1n) is 11.2. The average molecular weight is 450 g/mol. The lowest BCUT2D eigenvalue weighted by atomic mass is 9.98. The van der Waals surface area contributed by atoms with Crippen LogP contribution in [0.2, 0.25) is 0 Å². The molecule has 8 nitrogen and oxygen atoms in total. The van der Waals surface area contributed by atoms with Crippen LogP contribution >= 0.6 is 0 Å². The van der Waals surface area contributed by atoms with E-state index in [1.165, 1.54) is 0 Å². The maximum Gasteiger partial charge on any atom is 0.407 e. The van der Waals surface area contributed by atoms with Crippen molar-refractivity contribution >= 4 is 18.0 Å². The molecular weight excluding hydrogens is 424 g/mol. The molecule has 1 heterocycles. The van der Waals surface area contributed by atoms with E-state index in [0.717, 1.165) is 22.3 Å². The highest BCUT2D eigenvalue weighted by Gasteiger charge is 2.51. The van der Waals surface area contributed by atoms with Gasteiger partial charge in [0, 0.05) is 12.5 Å². The Morgan fingerprint density at radius 1 is 1.00 bits per heavy atom. The molecule has 2 amide bonds. The number of fused-ring (bicyclic) bond motifs is 3. The number of hydrogen-bond acceptors (Lipinski definition) is 5. The van der Waals surface area contributed by atoms with Crippen molar-refractivity contribution in [1.29, 1.82) is 0 Å². The van der Waals surface area contributed by atoms with Gasteiger partial charge in [-0.15, -0.1) is 0 Å². The standard InChI is InChI=1S/C25H26N2O6/c28-22(29)20-11-32-13-21(20)27-23(30)25(9-10-25)14-26-24(31)33-12-19-17-7-3-1-5-15(17)16-6-2-4-8-18(16)19/h1-8,19-21H,9-14H2,(H,26,31)(H,27,30)(H,28,29). The molecule has 2 atom stereocenters. The second kappa shape index (κ2) is 8.51. The molecule has 1 aliphatic heterocycles.